The first-order chi connectivity index (χ1) is 16.3. The zero-order valence-corrected chi connectivity index (χ0v) is 21.5. The molecule has 1 aliphatic carbocycles. The van der Waals surface area contributed by atoms with Crippen molar-refractivity contribution in [2.45, 2.75) is 71.6 Å². The Kier molecular flexibility index (Phi) is 7.30. The largest absolute Gasteiger partial charge is 0.507 e. The van der Waals surface area contributed by atoms with Crippen molar-refractivity contribution in [3.63, 3.8) is 0 Å². The lowest BCUT2D eigenvalue weighted by atomic mass is 9.82. The highest BCUT2D eigenvalue weighted by Gasteiger charge is 2.25. The number of phenolic OH excluding ortho intramolecular Hbond substituents is 1. The normalized spacial score (nSPS) is 19.3. The van der Waals surface area contributed by atoms with Gasteiger partial charge < -0.3 is 15.7 Å². The van der Waals surface area contributed by atoms with Gasteiger partial charge in [-0.3, -0.25) is 9.98 Å². The molecule has 0 radical (unpaired) electrons. The fourth-order valence-electron chi connectivity index (χ4n) is 5.28. The lowest BCUT2D eigenvalue weighted by molar-refractivity contribution is 0.442. The van der Waals surface area contributed by atoms with E-state index in [1.54, 1.807) is 0 Å². The van der Waals surface area contributed by atoms with E-state index in [0.29, 0.717) is 11.7 Å². The molecule has 1 unspecified atom stereocenters. The van der Waals surface area contributed by atoms with E-state index in [1.807, 2.05) is 6.92 Å². The molecule has 2 aliphatic heterocycles. The second-order valence-corrected chi connectivity index (χ2v) is 10.7. The Labute approximate surface area is 204 Å². The van der Waals surface area contributed by atoms with Crippen LogP contribution < -0.4 is 10.6 Å². The van der Waals surface area contributed by atoms with Gasteiger partial charge in [0.1, 0.15) is 17.4 Å². The van der Waals surface area contributed by atoms with E-state index in [-0.39, 0.29) is 5.41 Å². The average Bonchev–Trinajstić information content (AvgIpc) is 3.53. The summed E-state index contributed by atoms with van der Waals surface area (Å²) in [5.74, 6) is 3.24. The van der Waals surface area contributed by atoms with Crippen molar-refractivity contribution in [1.82, 2.24) is 10.6 Å². The number of nitrogens with one attached hydrogen (secondary N) is 2. The molecular formula is C29H40N4O. The van der Waals surface area contributed by atoms with Gasteiger partial charge in [0, 0.05) is 25.4 Å². The van der Waals surface area contributed by atoms with E-state index in [9.17, 15) is 5.11 Å². The van der Waals surface area contributed by atoms with Gasteiger partial charge in [-0.15, -0.1) is 0 Å². The molecule has 0 aromatic heterocycles. The van der Waals surface area contributed by atoms with E-state index >= 15 is 0 Å². The van der Waals surface area contributed by atoms with Crippen molar-refractivity contribution >= 4 is 11.7 Å². The van der Waals surface area contributed by atoms with Crippen LogP contribution in [0.2, 0.25) is 0 Å². The predicted molar refractivity (Wildman–Crippen MR) is 143 cm³/mol. The molecule has 0 bridgehead atoms. The second-order valence-electron chi connectivity index (χ2n) is 10.7. The predicted octanol–water partition coefficient (Wildman–Crippen LogP) is 4.96. The molecule has 3 aliphatic rings. The Morgan fingerprint density at radius 2 is 1.76 bits per heavy atom. The maximum absolute atomic E-state index is 10.5. The molecule has 182 valence electrons. The van der Waals surface area contributed by atoms with Crippen molar-refractivity contribution < 1.29 is 5.11 Å². The topological polar surface area (TPSA) is 69.0 Å². The summed E-state index contributed by atoms with van der Waals surface area (Å²) in [6, 6.07) is 10.9. The number of benzene rings is 2. The smallest absolute Gasteiger partial charge is 0.122 e. The molecule has 5 heteroatoms. The lowest BCUT2D eigenvalue weighted by Crippen LogP contribution is -2.28. The summed E-state index contributed by atoms with van der Waals surface area (Å²) in [5.41, 5.74) is 7.41. The van der Waals surface area contributed by atoms with E-state index < -0.39 is 0 Å². The van der Waals surface area contributed by atoms with Crippen LogP contribution in [0, 0.1) is 13.8 Å². The summed E-state index contributed by atoms with van der Waals surface area (Å²) in [6.45, 7) is 14.3. The highest BCUT2D eigenvalue weighted by Crippen LogP contribution is 2.36. The Balaban J connectivity index is 0.000000165. The van der Waals surface area contributed by atoms with Gasteiger partial charge in [0.15, 0.2) is 0 Å². The van der Waals surface area contributed by atoms with Gasteiger partial charge >= 0.3 is 0 Å². The molecule has 5 nitrogen and oxygen atoms in total. The number of aromatic hydroxyl groups is 1. The second kappa shape index (κ2) is 10.2. The molecule has 0 saturated heterocycles. The van der Waals surface area contributed by atoms with Crippen LogP contribution in [0.15, 0.2) is 40.3 Å². The lowest BCUT2D eigenvalue weighted by Gasteiger charge is -2.25. The Hall–Kier alpha value is -2.82. The third kappa shape index (κ3) is 5.29. The monoisotopic (exact) mass is 460 g/mol. The van der Waals surface area contributed by atoms with Crippen LogP contribution in [0.25, 0.3) is 0 Å². The highest BCUT2D eigenvalue weighted by molar-refractivity contribution is 5.90. The first-order valence-corrected chi connectivity index (χ1v) is 12.7. The van der Waals surface area contributed by atoms with Crippen LogP contribution >= 0.6 is 0 Å². The van der Waals surface area contributed by atoms with Crippen LogP contribution in [-0.2, 0) is 18.3 Å². The molecule has 5 rings (SSSR count). The van der Waals surface area contributed by atoms with E-state index in [4.69, 9.17) is 0 Å². The minimum Gasteiger partial charge on any atom is -0.507 e. The molecule has 2 aromatic carbocycles. The van der Waals surface area contributed by atoms with Gasteiger partial charge in [0.05, 0.1) is 13.1 Å². The molecule has 34 heavy (non-hydrogen) atoms. The number of hydrogen-bond donors (Lipinski definition) is 3. The molecule has 0 saturated carbocycles. The molecule has 2 aromatic rings. The van der Waals surface area contributed by atoms with Gasteiger partial charge in [-0.05, 0) is 71.9 Å². The maximum atomic E-state index is 10.5. The van der Waals surface area contributed by atoms with E-state index in [1.165, 1.54) is 47.4 Å². The standard InChI is InChI=1S/C16H24N2O.C13H16N2/c1-10-8-13(16(3,4)5)15(19)11(2)12(10)9-14-17-6-7-18-14;1-2-6-11-10(4-1)5-3-7-12(11)13-14-8-9-15-13/h8,19H,6-7,9H2,1-5H3,(H,17,18);1-2,4,6,12H,3,5,7-9H2,(H,14,15). The molecule has 0 spiro atoms. The summed E-state index contributed by atoms with van der Waals surface area (Å²) in [5, 5.41) is 17.2. The minimum atomic E-state index is -0.0404. The fraction of sp³-hybridized carbons (Fsp3) is 0.517. The number of hydrogen-bond acceptors (Lipinski definition) is 5. The number of nitrogens with zero attached hydrogens (tertiary/aromatic N) is 2. The highest BCUT2D eigenvalue weighted by atomic mass is 16.3. The quantitative estimate of drug-likeness (QED) is 0.606. The van der Waals surface area contributed by atoms with E-state index in [0.717, 1.165) is 49.6 Å². The third-order valence-corrected chi connectivity index (χ3v) is 7.20. The van der Waals surface area contributed by atoms with Crippen LogP contribution in [0.4, 0.5) is 0 Å². The molecule has 1 atom stereocenters. The number of rotatable bonds is 3. The molecule has 2 heterocycles. The van der Waals surface area contributed by atoms with Gasteiger partial charge in [-0.25, -0.2) is 0 Å². The molecule has 0 amide bonds. The van der Waals surface area contributed by atoms with Gasteiger partial charge in [-0.2, -0.15) is 0 Å². The average molecular weight is 461 g/mol. The Morgan fingerprint density at radius 3 is 2.44 bits per heavy atom. The van der Waals surface area contributed by atoms with Crippen LogP contribution in [0.5, 0.6) is 5.75 Å². The van der Waals surface area contributed by atoms with Gasteiger partial charge in [0.2, 0.25) is 0 Å². The number of fused-ring (bicyclic) bond motifs is 1. The van der Waals surface area contributed by atoms with Crippen LogP contribution in [0.3, 0.4) is 0 Å². The van der Waals surface area contributed by atoms with Gasteiger partial charge in [0.25, 0.3) is 0 Å². The molecular weight excluding hydrogens is 420 g/mol. The number of aliphatic imine (C=N–C) groups is 2. The minimum absolute atomic E-state index is 0.0404. The van der Waals surface area contributed by atoms with Crippen molar-refractivity contribution in [3.8, 4) is 5.75 Å². The summed E-state index contributed by atoms with van der Waals surface area (Å²) in [7, 11) is 0. The number of phenols is 1. The molecule has 3 N–H and O–H groups in total. The van der Waals surface area contributed by atoms with Crippen molar-refractivity contribution in [2.75, 3.05) is 26.2 Å². The van der Waals surface area contributed by atoms with E-state index in [2.05, 4.69) is 78.6 Å². The summed E-state index contributed by atoms with van der Waals surface area (Å²) >= 11 is 0. The first-order valence-electron chi connectivity index (χ1n) is 12.7. The zero-order valence-electron chi connectivity index (χ0n) is 21.5. The molecule has 0 fully saturated rings. The maximum Gasteiger partial charge on any atom is 0.122 e. The van der Waals surface area contributed by atoms with Crippen molar-refractivity contribution in [3.05, 3.63) is 63.7 Å². The summed E-state index contributed by atoms with van der Waals surface area (Å²) < 4.78 is 0. The van der Waals surface area contributed by atoms with Crippen molar-refractivity contribution in [2.24, 2.45) is 9.98 Å². The number of aryl methyl sites for hydroxylation is 2. The first kappa shape index (κ1) is 24.3. The Bertz CT molecular complexity index is 1090. The SMILES string of the molecule is Cc1cc(C(C)(C)C)c(O)c(C)c1CC1=NCCN1.c1ccc2c(c1)CCCC2C1=NCCN1. The van der Waals surface area contributed by atoms with Gasteiger partial charge in [-0.1, -0.05) is 51.1 Å². The van der Waals surface area contributed by atoms with Crippen LogP contribution in [-0.4, -0.2) is 43.0 Å². The zero-order chi connectivity index (χ0) is 24.3. The third-order valence-electron chi connectivity index (χ3n) is 7.20. The number of amidine groups is 2. The van der Waals surface area contributed by atoms with Crippen molar-refractivity contribution in [1.29, 1.82) is 0 Å². The van der Waals surface area contributed by atoms with Crippen LogP contribution in [0.1, 0.15) is 72.9 Å². The fourth-order valence-corrected chi connectivity index (χ4v) is 5.28. The summed E-state index contributed by atoms with van der Waals surface area (Å²) in [6.07, 6.45) is 4.57. The Morgan fingerprint density at radius 1 is 1.03 bits per heavy atom. The summed E-state index contributed by atoms with van der Waals surface area (Å²) in [4.78, 5) is 9.00.